The highest BCUT2D eigenvalue weighted by molar-refractivity contribution is 5.54. The summed E-state index contributed by atoms with van der Waals surface area (Å²) in [6.45, 7) is 5.55. The first-order valence-corrected chi connectivity index (χ1v) is 7.78. The van der Waals surface area contributed by atoms with Crippen LogP contribution in [-0.2, 0) is 0 Å². The fourth-order valence-corrected chi connectivity index (χ4v) is 2.11. The summed E-state index contributed by atoms with van der Waals surface area (Å²) in [5, 5.41) is 3.02. The van der Waals surface area contributed by atoms with E-state index in [0.717, 1.165) is 12.1 Å². The van der Waals surface area contributed by atoms with E-state index in [1.54, 1.807) is 25.4 Å². The lowest BCUT2D eigenvalue weighted by Crippen LogP contribution is -2.18. The third-order valence-corrected chi connectivity index (χ3v) is 3.32. The molecule has 1 aromatic carbocycles. The number of aliphatic imine (C=N–C) groups is 2. The maximum absolute atomic E-state index is 12.3. The minimum Gasteiger partial charge on any atom is -0.406 e. The fourth-order valence-electron chi connectivity index (χ4n) is 2.11. The van der Waals surface area contributed by atoms with E-state index in [2.05, 4.69) is 26.8 Å². The molecule has 0 unspecified atom stereocenters. The van der Waals surface area contributed by atoms with Gasteiger partial charge in [-0.25, -0.2) is 0 Å². The summed E-state index contributed by atoms with van der Waals surface area (Å²) >= 11 is 0. The maximum atomic E-state index is 12.3. The van der Waals surface area contributed by atoms with E-state index in [1.807, 2.05) is 0 Å². The summed E-state index contributed by atoms with van der Waals surface area (Å²) in [6, 6.07) is 8.03. The zero-order chi connectivity index (χ0) is 19.9. The number of benzene rings is 1. The Hall–Kier alpha value is -3.36. The average molecular weight is 378 g/mol. The molecule has 0 radical (unpaired) electrons. The first-order chi connectivity index (χ1) is 12.8. The van der Waals surface area contributed by atoms with Crippen molar-refractivity contribution in [3.8, 4) is 11.4 Å². The Bertz CT molecular complexity index is 900. The second-order valence-corrected chi connectivity index (χ2v) is 5.20. The summed E-state index contributed by atoms with van der Waals surface area (Å²) in [5.41, 5.74) is 1.21. The van der Waals surface area contributed by atoms with E-state index in [-0.39, 0.29) is 11.3 Å². The van der Waals surface area contributed by atoms with Gasteiger partial charge >= 0.3 is 6.36 Å². The van der Waals surface area contributed by atoms with E-state index in [4.69, 9.17) is 0 Å². The number of halogens is 3. The van der Waals surface area contributed by atoms with Gasteiger partial charge in [0.05, 0.1) is 12.2 Å². The molecule has 0 saturated carbocycles. The molecule has 0 aliphatic carbocycles. The molecule has 0 atom stereocenters. The summed E-state index contributed by atoms with van der Waals surface area (Å²) in [5.74, 6) is -0.358. The van der Waals surface area contributed by atoms with Gasteiger partial charge in [0, 0.05) is 36.1 Å². The van der Waals surface area contributed by atoms with E-state index < -0.39 is 6.36 Å². The van der Waals surface area contributed by atoms with Gasteiger partial charge in [0.2, 0.25) is 0 Å². The molecule has 2 rings (SSSR count). The van der Waals surface area contributed by atoms with Crippen molar-refractivity contribution >= 4 is 18.6 Å². The van der Waals surface area contributed by atoms with Crippen LogP contribution in [0.5, 0.6) is 5.75 Å². The van der Waals surface area contributed by atoms with Crippen LogP contribution in [0.1, 0.15) is 6.92 Å². The smallest absolute Gasteiger partial charge is 0.406 e. The van der Waals surface area contributed by atoms with Gasteiger partial charge in [0.1, 0.15) is 5.75 Å². The summed E-state index contributed by atoms with van der Waals surface area (Å²) in [4.78, 5) is 20.0. The third kappa shape index (κ3) is 6.14. The van der Waals surface area contributed by atoms with E-state index in [9.17, 15) is 18.0 Å². The summed E-state index contributed by atoms with van der Waals surface area (Å²) < 4.78 is 41.7. The van der Waals surface area contributed by atoms with Crippen molar-refractivity contribution in [3.05, 3.63) is 64.8 Å². The van der Waals surface area contributed by atoms with Crippen LogP contribution in [-0.4, -0.2) is 30.4 Å². The first kappa shape index (κ1) is 20.0. The second-order valence-electron chi connectivity index (χ2n) is 5.20. The number of ether oxygens (including phenoxy) is 1. The Labute approximate surface area is 153 Å². The first-order valence-electron chi connectivity index (χ1n) is 7.78. The number of rotatable bonds is 7. The Balaban J connectivity index is 2.12. The van der Waals surface area contributed by atoms with Crippen molar-refractivity contribution in [2.75, 3.05) is 11.9 Å². The van der Waals surface area contributed by atoms with Gasteiger partial charge in [0.25, 0.3) is 5.56 Å². The van der Waals surface area contributed by atoms with Crippen molar-refractivity contribution in [1.82, 2.24) is 4.57 Å². The van der Waals surface area contributed by atoms with Crippen molar-refractivity contribution in [3.63, 3.8) is 0 Å². The van der Waals surface area contributed by atoms with Crippen LogP contribution >= 0.6 is 0 Å². The van der Waals surface area contributed by atoms with Crippen molar-refractivity contribution < 1.29 is 17.9 Å². The van der Waals surface area contributed by atoms with Crippen LogP contribution < -0.4 is 15.6 Å². The molecule has 27 heavy (non-hydrogen) atoms. The van der Waals surface area contributed by atoms with Crippen LogP contribution in [0.3, 0.4) is 0 Å². The highest BCUT2D eigenvalue weighted by Crippen LogP contribution is 2.23. The average Bonchev–Trinajstić information content (AvgIpc) is 2.61. The number of alkyl halides is 3. The van der Waals surface area contributed by atoms with E-state index >= 15 is 0 Å². The van der Waals surface area contributed by atoms with E-state index in [0.29, 0.717) is 23.6 Å². The molecule has 0 spiro atoms. The van der Waals surface area contributed by atoms with Gasteiger partial charge in [-0.3, -0.25) is 19.3 Å². The SMILES string of the molecule is C=N/C(=C\N=C/C)CNc1ccn(-c2ccc(OC(F)(F)F)cc2)c(=O)c1. The number of pyridine rings is 1. The molecule has 0 fully saturated rings. The number of hydrogen-bond donors (Lipinski definition) is 1. The lowest BCUT2D eigenvalue weighted by atomic mass is 10.3. The third-order valence-electron chi connectivity index (χ3n) is 3.32. The molecule has 6 nitrogen and oxygen atoms in total. The molecule has 2 aromatic rings. The van der Waals surface area contributed by atoms with Crippen LogP contribution in [0.15, 0.2) is 69.3 Å². The number of nitrogens with one attached hydrogen (secondary N) is 1. The Morgan fingerprint density at radius 2 is 2.00 bits per heavy atom. The molecule has 1 heterocycles. The van der Waals surface area contributed by atoms with Gasteiger partial charge in [-0.1, -0.05) is 0 Å². The zero-order valence-electron chi connectivity index (χ0n) is 14.4. The van der Waals surface area contributed by atoms with Crippen molar-refractivity contribution in [2.24, 2.45) is 9.98 Å². The molecule has 1 N–H and O–H groups in total. The number of aromatic nitrogens is 1. The van der Waals surface area contributed by atoms with Gasteiger partial charge in [-0.2, -0.15) is 0 Å². The minimum absolute atomic E-state index is 0.327. The summed E-state index contributed by atoms with van der Waals surface area (Å²) in [6.07, 6.45) is -0.0932. The standard InChI is InChI=1S/C18H17F3N4O2/c1-3-23-11-14(22-2)12-24-13-8-9-25(17(26)10-13)15-4-6-16(7-5-15)27-18(19,20)21/h3-11,24H,2,12H2,1H3/b14-11-,23-3-. The normalized spacial score (nSPS) is 12.2. The fraction of sp³-hybridized carbons (Fsp3) is 0.167. The number of anilines is 1. The van der Waals surface area contributed by atoms with Crippen LogP contribution in [0, 0.1) is 0 Å². The zero-order valence-corrected chi connectivity index (χ0v) is 14.4. The second kappa shape index (κ2) is 8.84. The summed E-state index contributed by atoms with van der Waals surface area (Å²) in [7, 11) is 0. The molecule has 0 aliphatic rings. The highest BCUT2D eigenvalue weighted by Gasteiger charge is 2.30. The molecule has 142 valence electrons. The molecule has 9 heteroatoms. The largest absolute Gasteiger partial charge is 0.573 e. The van der Waals surface area contributed by atoms with Crippen LogP contribution in [0.25, 0.3) is 5.69 Å². The lowest BCUT2D eigenvalue weighted by Gasteiger charge is -2.11. The predicted octanol–water partition coefficient (Wildman–Crippen LogP) is 3.78. The number of hydrogen-bond acceptors (Lipinski definition) is 5. The van der Waals surface area contributed by atoms with Crippen LogP contribution in [0.4, 0.5) is 18.9 Å². The maximum Gasteiger partial charge on any atom is 0.573 e. The van der Waals surface area contributed by atoms with E-state index in [1.165, 1.54) is 29.0 Å². The molecule has 0 amide bonds. The molecule has 0 saturated heterocycles. The van der Waals surface area contributed by atoms with Gasteiger partial charge in [0.15, 0.2) is 0 Å². The Kier molecular flexibility index (Phi) is 6.53. The Morgan fingerprint density at radius 3 is 2.56 bits per heavy atom. The van der Waals surface area contributed by atoms with Gasteiger partial charge in [-0.05, 0) is 44.0 Å². The molecular weight excluding hydrogens is 361 g/mol. The Morgan fingerprint density at radius 1 is 1.30 bits per heavy atom. The van der Waals surface area contributed by atoms with Gasteiger partial charge in [-0.15, -0.1) is 13.2 Å². The lowest BCUT2D eigenvalue weighted by molar-refractivity contribution is -0.274. The van der Waals surface area contributed by atoms with Crippen molar-refractivity contribution in [2.45, 2.75) is 13.3 Å². The highest BCUT2D eigenvalue weighted by atomic mass is 19.4. The molecular formula is C18H17F3N4O2. The molecule has 0 bridgehead atoms. The predicted molar refractivity (Wildman–Crippen MR) is 99.0 cm³/mol. The van der Waals surface area contributed by atoms with Gasteiger partial charge < -0.3 is 10.1 Å². The molecule has 1 aromatic heterocycles. The quantitative estimate of drug-likeness (QED) is 0.746. The minimum atomic E-state index is -4.76. The molecule has 0 aliphatic heterocycles. The topological polar surface area (TPSA) is 68.0 Å². The number of nitrogens with zero attached hydrogens (tertiary/aromatic N) is 3. The van der Waals surface area contributed by atoms with Crippen LogP contribution in [0.2, 0.25) is 0 Å². The van der Waals surface area contributed by atoms with Crippen molar-refractivity contribution in [1.29, 1.82) is 0 Å². The monoisotopic (exact) mass is 378 g/mol.